The van der Waals surface area contributed by atoms with Crippen molar-refractivity contribution in [2.75, 3.05) is 19.8 Å². The van der Waals surface area contributed by atoms with Crippen molar-refractivity contribution in [2.24, 2.45) is 5.41 Å². The molecule has 21 heavy (non-hydrogen) atoms. The third-order valence-electron chi connectivity index (χ3n) is 3.77. The number of hydrogen-bond acceptors (Lipinski definition) is 4. The van der Waals surface area contributed by atoms with E-state index in [1.807, 2.05) is 27.7 Å². The number of aliphatic hydroxyl groups excluding tert-OH is 1. The minimum atomic E-state index is -0.500. The molecule has 1 heterocycles. The number of aliphatic hydroxyl groups is 1. The van der Waals surface area contributed by atoms with E-state index in [2.05, 4.69) is 5.32 Å². The van der Waals surface area contributed by atoms with Gasteiger partial charge in [0.15, 0.2) is 0 Å². The van der Waals surface area contributed by atoms with Crippen LogP contribution in [0.1, 0.15) is 59.8 Å². The molecule has 0 aliphatic carbocycles. The molecule has 2 unspecified atom stereocenters. The lowest BCUT2D eigenvalue weighted by Gasteiger charge is -2.29. The van der Waals surface area contributed by atoms with Gasteiger partial charge in [-0.1, -0.05) is 13.3 Å². The van der Waals surface area contributed by atoms with Crippen molar-refractivity contribution in [2.45, 2.75) is 71.5 Å². The van der Waals surface area contributed by atoms with E-state index >= 15 is 0 Å². The first-order valence-corrected chi connectivity index (χ1v) is 7.93. The lowest BCUT2D eigenvalue weighted by atomic mass is 9.85. The monoisotopic (exact) mass is 301 g/mol. The Bertz CT molecular complexity index is 321. The van der Waals surface area contributed by atoms with Crippen LogP contribution < -0.4 is 5.32 Å². The molecule has 1 amide bonds. The molecule has 0 aromatic rings. The van der Waals surface area contributed by atoms with Gasteiger partial charge in [-0.15, -0.1) is 0 Å². The zero-order chi connectivity index (χ0) is 15.9. The first-order valence-electron chi connectivity index (χ1n) is 7.93. The topological polar surface area (TPSA) is 67.8 Å². The van der Waals surface area contributed by atoms with Crippen LogP contribution in [0.5, 0.6) is 0 Å². The summed E-state index contributed by atoms with van der Waals surface area (Å²) in [5.41, 5.74) is -0.810. The van der Waals surface area contributed by atoms with Gasteiger partial charge in [0, 0.05) is 18.6 Å². The van der Waals surface area contributed by atoms with Gasteiger partial charge in [0.1, 0.15) is 5.60 Å². The molecular formula is C16H31NO4. The van der Waals surface area contributed by atoms with E-state index in [0.29, 0.717) is 12.6 Å². The molecule has 2 atom stereocenters. The Morgan fingerprint density at radius 1 is 1.38 bits per heavy atom. The third kappa shape index (κ3) is 7.67. The minimum Gasteiger partial charge on any atom is -0.444 e. The van der Waals surface area contributed by atoms with Crippen LogP contribution in [0.3, 0.4) is 0 Å². The van der Waals surface area contributed by atoms with Gasteiger partial charge in [-0.25, -0.2) is 4.79 Å². The van der Waals surface area contributed by atoms with E-state index < -0.39 is 11.7 Å². The summed E-state index contributed by atoms with van der Waals surface area (Å²) in [5.74, 6) is 0. The summed E-state index contributed by atoms with van der Waals surface area (Å²) < 4.78 is 10.8. The van der Waals surface area contributed by atoms with E-state index in [1.54, 1.807) is 0 Å². The zero-order valence-corrected chi connectivity index (χ0v) is 13.9. The molecular weight excluding hydrogens is 270 g/mol. The fraction of sp³-hybridized carbons (Fsp3) is 0.938. The second-order valence-corrected chi connectivity index (χ2v) is 7.35. The summed E-state index contributed by atoms with van der Waals surface area (Å²) >= 11 is 0. The Labute approximate surface area is 128 Å². The number of rotatable bonds is 7. The molecule has 1 fully saturated rings. The van der Waals surface area contributed by atoms with Crippen LogP contribution in [-0.2, 0) is 9.47 Å². The average Bonchev–Trinajstić information content (AvgIpc) is 2.88. The quantitative estimate of drug-likeness (QED) is 0.759. The number of carbonyl (C=O) groups is 1. The Hall–Kier alpha value is -0.810. The molecule has 0 aromatic carbocycles. The molecule has 2 N–H and O–H groups in total. The Kier molecular flexibility index (Phi) is 6.94. The van der Waals surface area contributed by atoms with E-state index in [1.165, 1.54) is 0 Å². The number of carbonyl (C=O) groups excluding carboxylic acids is 1. The molecule has 0 radical (unpaired) electrons. The number of ether oxygens (including phenoxy) is 2. The number of nitrogens with one attached hydrogen (secondary N) is 1. The van der Waals surface area contributed by atoms with Crippen molar-refractivity contribution >= 4 is 6.09 Å². The number of hydrogen-bond donors (Lipinski definition) is 2. The van der Waals surface area contributed by atoms with Crippen LogP contribution in [0, 0.1) is 5.41 Å². The van der Waals surface area contributed by atoms with Crippen LogP contribution >= 0.6 is 0 Å². The van der Waals surface area contributed by atoms with Crippen LogP contribution in [0.2, 0.25) is 0 Å². The van der Waals surface area contributed by atoms with Crippen LogP contribution in [0.15, 0.2) is 0 Å². The number of alkyl carbamates (subject to hydrolysis) is 1. The summed E-state index contributed by atoms with van der Waals surface area (Å²) in [5, 5.41) is 12.4. The first kappa shape index (κ1) is 18.2. The summed E-state index contributed by atoms with van der Waals surface area (Å²) in [4.78, 5) is 11.7. The predicted molar refractivity (Wildman–Crippen MR) is 82.3 cm³/mol. The highest BCUT2D eigenvalue weighted by Crippen LogP contribution is 2.26. The summed E-state index contributed by atoms with van der Waals surface area (Å²) in [6.45, 7) is 8.83. The zero-order valence-electron chi connectivity index (χ0n) is 13.9. The Morgan fingerprint density at radius 2 is 2.10 bits per heavy atom. The summed E-state index contributed by atoms with van der Waals surface area (Å²) in [6.07, 6.45) is 5.14. The smallest absolute Gasteiger partial charge is 0.407 e. The molecule has 0 aromatic heterocycles. The maximum Gasteiger partial charge on any atom is 0.407 e. The molecule has 5 nitrogen and oxygen atoms in total. The molecule has 0 bridgehead atoms. The standard InChI is InChI=1S/C16H31NO4/c1-15(2,3)21-14(19)17-11-16(4,12-18)9-5-7-13-8-6-10-20-13/h13,18H,5-12H2,1-4H3,(H,17,19). The first-order chi connectivity index (χ1) is 9.74. The van der Waals surface area contributed by atoms with Gasteiger partial charge in [0.05, 0.1) is 12.7 Å². The van der Waals surface area contributed by atoms with E-state index in [-0.39, 0.29) is 12.0 Å². The van der Waals surface area contributed by atoms with Gasteiger partial charge >= 0.3 is 6.09 Å². The van der Waals surface area contributed by atoms with E-state index in [0.717, 1.165) is 38.7 Å². The molecule has 0 saturated carbocycles. The van der Waals surface area contributed by atoms with E-state index in [9.17, 15) is 9.90 Å². The fourth-order valence-electron chi connectivity index (χ4n) is 2.45. The SMILES string of the molecule is CC(CO)(CCCC1CCCO1)CNC(=O)OC(C)(C)C. The maximum absolute atomic E-state index is 11.7. The summed E-state index contributed by atoms with van der Waals surface area (Å²) in [6, 6.07) is 0. The van der Waals surface area contributed by atoms with Gasteiger partial charge in [-0.2, -0.15) is 0 Å². The van der Waals surface area contributed by atoms with Gasteiger partial charge in [0.2, 0.25) is 0 Å². The molecule has 1 saturated heterocycles. The minimum absolute atomic E-state index is 0.0499. The van der Waals surface area contributed by atoms with Crippen molar-refractivity contribution in [1.82, 2.24) is 5.32 Å². The van der Waals surface area contributed by atoms with Crippen LogP contribution in [-0.4, -0.2) is 42.7 Å². The van der Waals surface area contributed by atoms with Crippen LogP contribution in [0.4, 0.5) is 4.79 Å². The molecule has 0 spiro atoms. The molecule has 124 valence electrons. The van der Waals surface area contributed by atoms with Crippen LogP contribution in [0.25, 0.3) is 0 Å². The molecule has 5 heteroatoms. The van der Waals surface area contributed by atoms with Crippen molar-refractivity contribution < 1.29 is 19.4 Å². The van der Waals surface area contributed by atoms with E-state index in [4.69, 9.17) is 9.47 Å². The van der Waals surface area contributed by atoms with Crippen molar-refractivity contribution in [1.29, 1.82) is 0 Å². The van der Waals surface area contributed by atoms with Gasteiger partial charge in [-0.3, -0.25) is 0 Å². The predicted octanol–water partition coefficient (Wildman–Crippen LogP) is 2.86. The molecule has 1 rings (SSSR count). The molecule has 1 aliphatic rings. The Balaban J connectivity index is 2.28. The third-order valence-corrected chi connectivity index (χ3v) is 3.77. The maximum atomic E-state index is 11.7. The highest BCUT2D eigenvalue weighted by Gasteiger charge is 2.26. The Morgan fingerprint density at radius 3 is 2.62 bits per heavy atom. The number of amides is 1. The lowest BCUT2D eigenvalue weighted by Crippen LogP contribution is -2.40. The fourth-order valence-corrected chi connectivity index (χ4v) is 2.45. The van der Waals surface area contributed by atoms with Gasteiger partial charge in [0.25, 0.3) is 0 Å². The average molecular weight is 301 g/mol. The largest absolute Gasteiger partial charge is 0.444 e. The normalized spacial score (nSPS) is 21.9. The van der Waals surface area contributed by atoms with Crippen molar-refractivity contribution in [3.05, 3.63) is 0 Å². The van der Waals surface area contributed by atoms with Crippen molar-refractivity contribution in [3.63, 3.8) is 0 Å². The lowest BCUT2D eigenvalue weighted by molar-refractivity contribution is 0.0462. The second-order valence-electron chi connectivity index (χ2n) is 7.35. The highest BCUT2D eigenvalue weighted by atomic mass is 16.6. The summed E-state index contributed by atoms with van der Waals surface area (Å²) in [7, 11) is 0. The molecule has 1 aliphatic heterocycles. The second kappa shape index (κ2) is 7.99. The van der Waals surface area contributed by atoms with Gasteiger partial charge in [-0.05, 0) is 46.5 Å². The highest BCUT2D eigenvalue weighted by molar-refractivity contribution is 5.67. The van der Waals surface area contributed by atoms with Crippen molar-refractivity contribution in [3.8, 4) is 0 Å². The van der Waals surface area contributed by atoms with Gasteiger partial charge < -0.3 is 19.9 Å².